The minimum absolute atomic E-state index is 0.00548. The normalized spacial score (nSPS) is 35.0. The van der Waals surface area contributed by atoms with E-state index in [1.807, 2.05) is 0 Å². The summed E-state index contributed by atoms with van der Waals surface area (Å²) in [6, 6.07) is 0. The van der Waals surface area contributed by atoms with Gasteiger partial charge >= 0.3 is 11.0 Å². The number of fused-ring (bicyclic) bond motifs is 2. The number of rotatable bonds is 3. The first-order valence-corrected chi connectivity index (χ1v) is 10.2. The van der Waals surface area contributed by atoms with E-state index < -0.39 is 47.1 Å². The molecule has 0 aromatic rings. The van der Waals surface area contributed by atoms with Crippen LogP contribution in [0.15, 0.2) is 0 Å². The molecule has 0 N–H and O–H groups in total. The zero-order valence-corrected chi connectivity index (χ0v) is 14.2. The molecule has 2 aliphatic rings. The fourth-order valence-electron chi connectivity index (χ4n) is 4.20. The van der Waals surface area contributed by atoms with Crippen LogP contribution in [0.2, 0.25) is 0 Å². The molecule has 0 aromatic heterocycles. The van der Waals surface area contributed by atoms with Gasteiger partial charge in [0.05, 0.1) is 0 Å². The van der Waals surface area contributed by atoms with Crippen LogP contribution in [0.25, 0.3) is 0 Å². The third kappa shape index (κ3) is 2.73. The van der Waals surface area contributed by atoms with E-state index in [-0.39, 0.29) is 30.6 Å². The Morgan fingerprint density at radius 1 is 0.792 bits per heavy atom. The zero-order valence-electron chi connectivity index (χ0n) is 12.6. The summed E-state index contributed by atoms with van der Waals surface area (Å²) in [6.07, 6.45) is -0.0320. The van der Waals surface area contributed by atoms with Crippen LogP contribution in [0, 0.1) is 29.6 Å². The summed E-state index contributed by atoms with van der Waals surface area (Å²) in [6.45, 7) is 3.37. The van der Waals surface area contributed by atoms with E-state index in [4.69, 9.17) is 0 Å². The molecule has 12 heteroatoms. The van der Waals surface area contributed by atoms with Gasteiger partial charge in [-0.15, -0.1) is 0 Å². The maximum absolute atomic E-state index is 12.9. The van der Waals surface area contributed by atoms with Crippen molar-refractivity contribution in [3.05, 3.63) is 0 Å². The van der Waals surface area contributed by atoms with Crippen molar-refractivity contribution in [2.75, 3.05) is 0 Å². The SMILES string of the molecule is CC1C2CC(C1C)C(C(S(=O)(=O)C(F)(F)F)S(=O)(=O)C(F)(F)F)C2. The fourth-order valence-corrected chi connectivity index (χ4v) is 8.26. The summed E-state index contributed by atoms with van der Waals surface area (Å²) < 4.78 is 120. The van der Waals surface area contributed by atoms with Crippen LogP contribution in [0.5, 0.6) is 0 Å². The highest BCUT2D eigenvalue weighted by molar-refractivity contribution is 8.09. The molecule has 0 aromatic carbocycles. The molecule has 24 heavy (non-hydrogen) atoms. The summed E-state index contributed by atoms with van der Waals surface area (Å²) in [5.41, 5.74) is -12.2. The van der Waals surface area contributed by atoms with Gasteiger partial charge in [-0.1, -0.05) is 13.8 Å². The van der Waals surface area contributed by atoms with Gasteiger partial charge in [-0.3, -0.25) is 0 Å². The minimum atomic E-state index is -6.53. The molecule has 142 valence electrons. The molecule has 5 unspecified atom stereocenters. The Labute approximate surface area is 135 Å². The van der Waals surface area contributed by atoms with E-state index in [0.29, 0.717) is 0 Å². The predicted molar refractivity (Wildman–Crippen MR) is 71.8 cm³/mol. The first-order valence-electron chi connectivity index (χ1n) is 7.13. The summed E-state index contributed by atoms with van der Waals surface area (Å²) in [4.78, 5) is 0. The Balaban J connectivity index is 2.60. The molecule has 0 spiro atoms. The molecule has 2 bridgehead atoms. The quantitative estimate of drug-likeness (QED) is 0.681. The molecule has 5 atom stereocenters. The molecule has 2 fully saturated rings. The highest BCUT2D eigenvalue weighted by atomic mass is 32.3. The Morgan fingerprint density at radius 2 is 1.21 bits per heavy atom. The van der Waals surface area contributed by atoms with Gasteiger partial charge in [-0.25, -0.2) is 16.8 Å². The molecular weight excluding hydrogens is 386 g/mol. The Bertz CT molecular complexity index is 663. The summed E-state index contributed by atoms with van der Waals surface area (Å²) in [5.74, 6) is -3.13. The van der Waals surface area contributed by atoms with Crippen molar-refractivity contribution in [3.63, 3.8) is 0 Å². The molecular formula is C12H16F6O4S2. The second-order valence-electron chi connectivity index (χ2n) is 6.63. The molecule has 2 saturated carbocycles. The van der Waals surface area contributed by atoms with Gasteiger partial charge < -0.3 is 0 Å². The lowest BCUT2D eigenvalue weighted by Crippen LogP contribution is -2.51. The lowest BCUT2D eigenvalue weighted by Gasteiger charge is -2.36. The number of sulfone groups is 2. The second-order valence-corrected chi connectivity index (χ2v) is 11.0. The zero-order chi connectivity index (χ0) is 18.9. The van der Waals surface area contributed by atoms with Gasteiger partial charge in [0.15, 0.2) is 4.58 Å². The van der Waals surface area contributed by atoms with Crippen molar-refractivity contribution >= 4 is 19.7 Å². The fraction of sp³-hybridized carbons (Fsp3) is 1.00. The van der Waals surface area contributed by atoms with Crippen LogP contribution < -0.4 is 0 Å². The molecule has 2 aliphatic carbocycles. The summed E-state index contributed by atoms with van der Waals surface area (Å²) in [5, 5.41) is 0. The van der Waals surface area contributed by atoms with Gasteiger partial charge in [0.1, 0.15) is 0 Å². The molecule has 0 aliphatic heterocycles. The number of hydrogen-bond acceptors (Lipinski definition) is 4. The first-order chi connectivity index (χ1) is 10.5. The van der Waals surface area contributed by atoms with Crippen LogP contribution in [0.3, 0.4) is 0 Å². The molecule has 4 nitrogen and oxygen atoms in total. The molecule has 2 rings (SSSR count). The van der Waals surface area contributed by atoms with Crippen molar-refractivity contribution in [1.29, 1.82) is 0 Å². The molecule has 0 saturated heterocycles. The highest BCUT2D eigenvalue weighted by Gasteiger charge is 2.68. The summed E-state index contributed by atoms with van der Waals surface area (Å²) in [7, 11) is -13.1. The van der Waals surface area contributed by atoms with Crippen molar-refractivity contribution in [1.82, 2.24) is 0 Å². The van der Waals surface area contributed by atoms with Crippen molar-refractivity contribution in [2.24, 2.45) is 29.6 Å². The van der Waals surface area contributed by atoms with Gasteiger partial charge in [-0.2, -0.15) is 26.3 Å². The minimum Gasteiger partial charge on any atom is -0.218 e. The van der Waals surface area contributed by atoms with Crippen molar-refractivity contribution < 1.29 is 43.2 Å². The monoisotopic (exact) mass is 402 g/mol. The van der Waals surface area contributed by atoms with Crippen molar-refractivity contribution in [3.8, 4) is 0 Å². The second kappa shape index (κ2) is 5.49. The van der Waals surface area contributed by atoms with E-state index >= 15 is 0 Å². The summed E-state index contributed by atoms with van der Waals surface area (Å²) >= 11 is 0. The van der Waals surface area contributed by atoms with E-state index in [1.54, 1.807) is 13.8 Å². The van der Waals surface area contributed by atoms with Gasteiger partial charge in [0, 0.05) is 0 Å². The van der Waals surface area contributed by atoms with Gasteiger partial charge in [0.2, 0.25) is 0 Å². The third-order valence-electron chi connectivity index (χ3n) is 5.55. The number of halogens is 6. The average molecular weight is 402 g/mol. The largest absolute Gasteiger partial charge is 0.498 e. The van der Waals surface area contributed by atoms with E-state index in [2.05, 4.69) is 0 Å². The van der Waals surface area contributed by atoms with Crippen LogP contribution >= 0.6 is 0 Å². The maximum atomic E-state index is 12.9. The predicted octanol–water partition coefficient (Wildman–Crippen LogP) is 3.11. The highest BCUT2D eigenvalue weighted by Crippen LogP contribution is 2.58. The van der Waals surface area contributed by atoms with E-state index in [9.17, 15) is 43.2 Å². The van der Waals surface area contributed by atoms with Gasteiger partial charge in [0.25, 0.3) is 19.7 Å². The number of alkyl halides is 6. The molecule has 0 heterocycles. The van der Waals surface area contributed by atoms with Crippen LogP contribution in [0.4, 0.5) is 26.3 Å². The average Bonchev–Trinajstić information content (AvgIpc) is 2.87. The van der Waals surface area contributed by atoms with E-state index in [1.165, 1.54) is 0 Å². The smallest absolute Gasteiger partial charge is 0.218 e. The molecule has 0 amide bonds. The van der Waals surface area contributed by atoms with Crippen molar-refractivity contribution in [2.45, 2.75) is 42.3 Å². The standard InChI is InChI=1S/C12H16F6O4S2/c1-5-6(2)8-3-7(5)4-9(8)10(23(19,20)11(13,14)15)24(21,22)12(16,17)18/h5-10H,3-4H2,1-2H3. The van der Waals surface area contributed by atoms with Crippen LogP contribution in [-0.2, 0) is 19.7 Å². The number of hydrogen-bond donors (Lipinski definition) is 0. The lowest BCUT2D eigenvalue weighted by molar-refractivity contribution is -0.0486. The van der Waals surface area contributed by atoms with Gasteiger partial charge in [-0.05, 0) is 42.4 Å². The Hall–Kier alpha value is -0.520. The van der Waals surface area contributed by atoms with E-state index in [0.717, 1.165) is 0 Å². The maximum Gasteiger partial charge on any atom is 0.498 e. The Kier molecular flexibility index (Phi) is 4.53. The Morgan fingerprint density at radius 3 is 1.50 bits per heavy atom. The van der Waals surface area contributed by atoms with Crippen LogP contribution in [0.1, 0.15) is 26.7 Å². The third-order valence-corrected chi connectivity index (χ3v) is 10.3. The van der Waals surface area contributed by atoms with Crippen LogP contribution in [-0.4, -0.2) is 32.4 Å². The molecule has 0 radical (unpaired) electrons. The topological polar surface area (TPSA) is 68.3 Å². The first kappa shape index (κ1) is 19.8. The lowest BCUT2D eigenvalue weighted by atomic mass is 9.76.